The summed E-state index contributed by atoms with van der Waals surface area (Å²) in [6.45, 7) is 4.71. The minimum atomic E-state index is 0.121. The molecule has 2 amide bonds. The number of carbonyl (C=O) groups excluding carboxylic acids is 1. The molecule has 0 aromatic carbocycles. The second kappa shape index (κ2) is 4.46. The summed E-state index contributed by atoms with van der Waals surface area (Å²) < 4.78 is 0. The van der Waals surface area contributed by atoms with Crippen LogP contribution >= 0.6 is 0 Å². The van der Waals surface area contributed by atoms with Crippen molar-refractivity contribution in [2.75, 3.05) is 33.7 Å². The minimum Gasteiger partial charge on any atom is -0.328 e. The number of nitrogens with zero attached hydrogens (tertiary/aromatic N) is 2. The van der Waals surface area contributed by atoms with Crippen molar-refractivity contribution in [1.29, 1.82) is 0 Å². The molecule has 0 aromatic rings. The van der Waals surface area contributed by atoms with Gasteiger partial charge in [-0.15, -0.1) is 0 Å². The standard InChI is InChI=1S/C9H19N3O/c1-4-11(2)9(13)12(3)8-5-6-10-7-8/h8,10H,4-7H2,1-3H3. The van der Waals surface area contributed by atoms with Gasteiger partial charge in [0.05, 0.1) is 0 Å². The molecule has 0 saturated carbocycles. The topological polar surface area (TPSA) is 35.6 Å². The normalized spacial score (nSPS) is 21.6. The predicted molar refractivity (Wildman–Crippen MR) is 52.7 cm³/mol. The number of rotatable bonds is 2. The number of carbonyl (C=O) groups is 1. The van der Waals surface area contributed by atoms with E-state index < -0.39 is 0 Å². The van der Waals surface area contributed by atoms with Crippen molar-refractivity contribution >= 4 is 6.03 Å². The summed E-state index contributed by atoms with van der Waals surface area (Å²) in [5, 5.41) is 3.25. The average molecular weight is 185 g/mol. The molecule has 1 N–H and O–H groups in total. The van der Waals surface area contributed by atoms with E-state index in [2.05, 4.69) is 5.32 Å². The lowest BCUT2D eigenvalue weighted by Crippen LogP contribution is -2.45. The maximum absolute atomic E-state index is 11.7. The van der Waals surface area contributed by atoms with Crippen LogP contribution in [-0.2, 0) is 0 Å². The fourth-order valence-electron chi connectivity index (χ4n) is 1.53. The van der Waals surface area contributed by atoms with Gasteiger partial charge in [0, 0.05) is 33.2 Å². The van der Waals surface area contributed by atoms with Crippen molar-refractivity contribution in [1.82, 2.24) is 15.1 Å². The van der Waals surface area contributed by atoms with Gasteiger partial charge in [-0.2, -0.15) is 0 Å². The van der Waals surface area contributed by atoms with E-state index in [0.717, 1.165) is 26.1 Å². The molecule has 0 aliphatic carbocycles. The van der Waals surface area contributed by atoms with E-state index in [1.165, 1.54) is 0 Å². The molecule has 4 heteroatoms. The molecule has 1 rings (SSSR count). The van der Waals surface area contributed by atoms with Crippen LogP contribution in [0.1, 0.15) is 13.3 Å². The first-order valence-electron chi connectivity index (χ1n) is 4.85. The van der Waals surface area contributed by atoms with Gasteiger partial charge in [-0.3, -0.25) is 0 Å². The molecule has 0 bridgehead atoms. The summed E-state index contributed by atoms with van der Waals surface area (Å²) >= 11 is 0. The highest BCUT2D eigenvalue weighted by atomic mass is 16.2. The summed E-state index contributed by atoms with van der Waals surface area (Å²) in [4.78, 5) is 15.3. The number of nitrogens with one attached hydrogen (secondary N) is 1. The van der Waals surface area contributed by atoms with Crippen LogP contribution in [0.3, 0.4) is 0 Å². The van der Waals surface area contributed by atoms with Crippen LogP contribution in [0.4, 0.5) is 4.79 Å². The van der Waals surface area contributed by atoms with Crippen molar-refractivity contribution in [3.8, 4) is 0 Å². The van der Waals surface area contributed by atoms with E-state index in [1.54, 1.807) is 4.90 Å². The molecule has 4 nitrogen and oxygen atoms in total. The molecule has 0 aromatic heterocycles. The zero-order valence-corrected chi connectivity index (χ0v) is 8.71. The van der Waals surface area contributed by atoms with E-state index >= 15 is 0 Å². The molecule has 1 aliphatic heterocycles. The molecular formula is C9H19N3O. The number of urea groups is 1. The largest absolute Gasteiger partial charge is 0.328 e. The van der Waals surface area contributed by atoms with Crippen LogP contribution in [0, 0.1) is 0 Å². The average Bonchev–Trinajstić information content (AvgIpc) is 2.67. The van der Waals surface area contributed by atoms with Gasteiger partial charge in [-0.05, 0) is 19.9 Å². The number of amides is 2. The fourth-order valence-corrected chi connectivity index (χ4v) is 1.53. The Morgan fingerprint density at radius 1 is 1.54 bits per heavy atom. The SMILES string of the molecule is CCN(C)C(=O)N(C)C1CCNC1. The maximum atomic E-state index is 11.7. The minimum absolute atomic E-state index is 0.121. The first-order valence-corrected chi connectivity index (χ1v) is 4.85. The highest BCUT2D eigenvalue weighted by Gasteiger charge is 2.24. The lowest BCUT2D eigenvalue weighted by atomic mass is 10.2. The Morgan fingerprint density at radius 2 is 2.23 bits per heavy atom. The third-order valence-corrected chi connectivity index (χ3v) is 2.68. The Bertz CT molecular complexity index is 178. The fraction of sp³-hybridized carbons (Fsp3) is 0.889. The van der Waals surface area contributed by atoms with Gasteiger partial charge in [0.1, 0.15) is 0 Å². The quantitative estimate of drug-likeness (QED) is 0.674. The van der Waals surface area contributed by atoms with E-state index in [1.807, 2.05) is 25.9 Å². The Kier molecular flexibility index (Phi) is 3.54. The summed E-state index contributed by atoms with van der Waals surface area (Å²) in [7, 11) is 3.72. The zero-order chi connectivity index (χ0) is 9.84. The third-order valence-electron chi connectivity index (χ3n) is 2.68. The van der Waals surface area contributed by atoms with Gasteiger partial charge >= 0.3 is 6.03 Å². The Labute approximate surface area is 79.9 Å². The molecular weight excluding hydrogens is 166 g/mol. The lowest BCUT2D eigenvalue weighted by Gasteiger charge is -2.28. The first-order chi connectivity index (χ1) is 6.16. The van der Waals surface area contributed by atoms with E-state index in [-0.39, 0.29) is 6.03 Å². The van der Waals surface area contributed by atoms with Crippen molar-refractivity contribution in [2.24, 2.45) is 0 Å². The van der Waals surface area contributed by atoms with Gasteiger partial charge in [0.15, 0.2) is 0 Å². The van der Waals surface area contributed by atoms with Crippen molar-refractivity contribution < 1.29 is 4.79 Å². The first kappa shape index (κ1) is 10.3. The van der Waals surface area contributed by atoms with E-state index in [0.29, 0.717) is 6.04 Å². The summed E-state index contributed by atoms with van der Waals surface area (Å²) in [6.07, 6.45) is 1.07. The van der Waals surface area contributed by atoms with Gasteiger partial charge in [0.25, 0.3) is 0 Å². The van der Waals surface area contributed by atoms with Crippen LogP contribution in [0.25, 0.3) is 0 Å². The molecule has 1 atom stereocenters. The Balaban J connectivity index is 2.45. The molecule has 0 radical (unpaired) electrons. The van der Waals surface area contributed by atoms with E-state index in [4.69, 9.17) is 0 Å². The molecule has 1 unspecified atom stereocenters. The molecule has 1 heterocycles. The van der Waals surface area contributed by atoms with Crippen LogP contribution in [0.2, 0.25) is 0 Å². The number of hydrogen-bond donors (Lipinski definition) is 1. The summed E-state index contributed by atoms with van der Waals surface area (Å²) in [6, 6.07) is 0.498. The molecule has 1 aliphatic rings. The van der Waals surface area contributed by atoms with E-state index in [9.17, 15) is 4.79 Å². The highest BCUT2D eigenvalue weighted by molar-refractivity contribution is 5.74. The Morgan fingerprint density at radius 3 is 2.69 bits per heavy atom. The number of hydrogen-bond acceptors (Lipinski definition) is 2. The third kappa shape index (κ3) is 2.34. The second-order valence-corrected chi connectivity index (χ2v) is 3.55. The molecule has 1 fully saturated rings. The molecule has 1 saturated heterocycles. The molecule has 0 spiro atoms. The maximum Gasteiger partial charge on any atom is 0.319 e. The van der Waals surface area contributed by atoms with Crippen LogP contribution in [0.15, 0.2) is 0 Å². The summed E-state index contributed by atoms with van der Waals surface area (Å²) in [5.74, 6) is 0. The zero-order valence-electron chi connectivity index (χ0n) is 8.71. The van der Waals surface area contributed by atoms with Gasteiger partial charge < -0.3 is 15.1 Å². The lowest BCUT2D eigenvalue weighted by molar-refractivity contribution is 0.161. The smallest absolute Gasteiger partial charge is 0.319 e. The van der Waals surface area contributed by atoms with Gasteiger partial charge in [0.2, 0.25) is 0 Å². The van der Waals surface area contributed by atoms with Crippen LogP contribution < -0.4 is 5.32 Å². The Hall–Kier alpha value is -0.770. The number of likely N-dealkylation sites (N-methyl/N-ethyl adjacent to an activating group) is 1. The summed E-state index contributed by atoms with van der Waals surface area (Å²) in [5.41, 5.74) is 0. The van der Waals surface area contributed by atoms with Crippen molar-refractivity contribution in [3.63, 3.8) is 0 Å². The molecule has 76 valence electrons. The van der Waals surface area contributed by atoms with Gasteiger partial charge in [-0.25, -0.2) is 4.79 Å². The predicted octanol–water partition coefficient (Wildman–Crippen LogP) is 0.352. The second-order valence-electron chi connectivity index (χ2n) is 3.55. The van der Waals surface area contributed by atoms with Crippen LogP contribution in [-0.4, -0.2) is 55.6 Å². The monoisotopic (exact) mass is 185 g/mol. The van der Waals surface area contributed by atoms with Gasteiger partial charge in [-0.1, -0.05) is 0 Å². The molecule has 13 heavy (non-hydrogen) atoms. The van der Waals surface area contributed by atoms with Crippen molar-refractivity contribution in [2.45, 2.75) is 19.4 Å². The highest BCUT2D eigenvalue weighted by Crippen LogP contribution is 2.07. The van der Waals surface area contributed by atoms with Crippen LogP contribution in [0.5, 0.6) is 0 Å². The van der Waals surface area contributed by atoms with Crippen molar-refractivity contribution in [3.05, 3.63) is 0 Å².